The van der Waals surface area contributed by atoms with Crippen LogP contribution in [0.25, 0.3) is 0 Å². The largest absolute Gasteiger partial charge is 0.465 e. The summed E-state index contributed by atoms with van der Waals surface area (Å²) in [4.78, 5) is 35.7. The molecule has 0 spiro atoms. The second-order valence-corrected chi connectivity index (χ2v) is 5.73. The van der Waals surface area contributed by atoms with Crippen LogP contribution in [0.4, 0.5) is 5.69 Å². The first kappa shape index (κ1) is 17.9. The van der Waals surface area contributed by atoms with Gasteiger partial charge in [-0.3, -0.25) is 4.79 Å². The third kappa shape index (κ3) is 4.79. The molecule has 2 rings (SSSR count). The average molecular weight is 334 g/mol. The summed E-state index contributed by atoms with van der Waals surface area (Å²) in [5, 5.41) is 6.01. The molecular formula is C17H22N2O5. The van der Waals surface area contributed by atoms with Gasteiger partial charge in [0, 0.05) is 12.1 Å². The van der Waals surface area contributed by atoms with Crippen LogP contribution in [0.1, 0.15) is 40.0 Å². The number of benzene rings is 1. The Kier molecular flexibility index (Phi) is 6.31. The second-order valence-electron chi connectivity index (χ2n) is 5.73. The standard InChI is InChI=1S/C17H22N2O5/c1-23-16(21)12-8-13(17(22)24-2)10-14(9-12)19-15(20)7-11-3-5-18-6-4-11/h8-11,18H,3-7H2,1-2H3,(H,19,20). The number of rotatable bonds is 5. The van der Waals surface area contributed by atoms with Crippen molar-refractivity contribution in [1.82, 2.24) is 5.32 Å². The maximum Gasteiger partial charge on any atom is 0.337 e. The molecule has 0 atom stereocenters. The molecule has 0 saturated carbocycles. The van der Waals surface area contributed by atoms with Crippen molar-refractivity contribution in [2.45, 2.75) is 19.3 Å². The highest BCUT2D eigenvalue weighted by atomic mass is 16.5. The van der Waals surface area contributed by atoms with Crippen molar-refractivity contribution in [3.05, 3.63) is 29.3 Å². The summed E-state index contributed by atoms with van der Waals surface area (Å²) in [6.07, 6.45) is 2.34. The Balaban J connectivity index is 2.13. The van der Waals surface area contributed by atoms with E-state index in [-0.39, 0.29) is 17.0 Å². The maximum atomic E-state index is 12.2. The van der Waals surface area contributed by atoms with E-state index < -0.39 is 11.9 Å². The van der Waals surface area contributed by atoms with Gasteiger partial charge in [0.15, 0.2) is 0 Å². The molecule has 24 heavy (non-hydrogen) atoms. The highest BCUT2D eigenvalue weighted by molar-refractivity contribution is 5.99. The molecule has 1 aliphatic rings. The molecule has 1 aliphatic heterocycles. The molecule has 7 heteroatoms. The molecule has 130 valence electrons. The number of carbonyl (C=O) groups excluding carboxylic acids is 3. The minimum absolute atomic E-state index is 0.139. The zero-order valence-corrected chi connectivity index (χ0v) is 13.9. The number of esters is 2. The third-order valence-electron chi connectivity index (χ3n) is 3.99. The van der Waals surface area contributed by atoms with Crippen molar-refractivity contribution in [2.24, 2.45) is 5.92 Å². The molecule has 0 bridgehead atoms. The molecule has 7 nitrogen and oxygen atoms in total. The SMILES string of the molecule is COC(=O)c1cc(NC(=O)CC2CCNCC2)cc(C(=O)OC)c1. The summed E-state index contributed by atoms with van der Waals surface area (Å²) >= 11 is 0. The van der Waals surface area contributed by atoms with E-state index >= 15 is 0 Å². The van der Waals surface area contributed by atoms with Crippen LogP contribution in [0.2, 0.25) is 0 Å². The molecule has 0 aliphatic carbocycles. The van der Waals surface area contributed by atoms with E-state index in [9.17, 15) is 14.4 Å². The first-order valence-electron chi connectivity index (χ1n) is 7.85. The topological polar surface area (TPSA) is 93.7 Å². The second kappa shape index (κ2) is 8.44. The van der Waals surface area contributed by atoms with Crippen molar-refractivity contribution in [3.63, 3.8) is 0 Å². The number of carbonyl (C=O) groups is 3. The Labute approximate surface area is 140 Å². The van der Waals surface area contributed by atoms with E-state index in [0.29, 0.717) is 18.0 Å². The monoisotopic (exact) mass is 334 g/mol. The average Bonchev–Trinajstić information content (AvgIpc) is 2.60. The van der Waals surface area contributed by atoms with Gasteiger partial charge in [0.25, 0.3) is 0 Å². The van der Waals surface area contributed by atoms with E-state index in [2.05, 4.69) is 20.1 Å². The first-order valence-corrected chi connectivity index (χ1v) is 7.85. The van der Waals surface area contributed by atoms with Gasteiger partial charge in [-0.2, -0.15) is 0 Å². The predicted octanol–water partition coefficient (Wildman–Crippen LogP) is 1.59. The first-order chi connectivity index (χ1) is 11.5. The lowest BCUT2D eigenvalue weighted by Gasteiger charge is -2.22. The van der Waals surface area contributed by atoms with Crippen LogP contribution in [0.15, 0.2) is 18.2 Å². The molecule has 1 amide bonds. The quantitative estimate of drug-likeness (QED) is 0.794. The lowest BCUT2D eigenvalue weighted by Crippen LogP contribution is -2.30. The van der Waals surface area contributed by atoms with Gasteiger partial charge in [-0.25, -0.2) is 9.59 Å². The van der Waals surface area contributed by atoms with Crippen molar-refractivity contribution in [3.8, 4) is 0 Å². The molecule has 0 radical (unpaired) electrons. The Morgan fingerprint density at radius 3 is 2.08 bits per heavy atom. The molecule has 1 fully saturated rings. The van der Waals surface area contributed by atoms with Crippen molar-refractivity contribution < 1.29 is 23.9 Å². The van der Waals surface area contributed by atoms with E-state index in [1.54, 1.807) is 0 Å². The molecule has 2 N–H and O–H groups in total. The van der Waals surface area contributed by atoms with Crippen molar-refractivity contribution in [1.29, 1.82) is 0 Å². The van der Waals surface area contributed by atoms with Gasteiger partial charge in [0.2, 0.25) is 5.91 Å². The third-order valence-corrected chi connectivity index (χ3v) is 3.99. The molecular weight excluding hydrogens is 312 g/mol. The molecule has 1 aromatic carbocycles. The van der Waals surface area contributed by atoms with Crippen LogP contribution in [0.5, 0.6) is 0 Å². The van der Waals surface area contributed by atoms with Crippen LogP contribution in [-0.4, -0.2) is 45.2 Å². The van der Waals surface area contributed by atoms with E-state index in [0.717, 1.165) is 25.9 Å². The van der Waals surface area contributed by atoms with Gasteiger partial charge in [-0.15, -0.1) is 0 Å². The normalized spacial score (nSPS) is 14.8. The molecule has 0 unspecified atom stereocenters. The fourth-order valence-electron chi connectivity index (χ4n) is 2.73. The van der Waals surface area contributed by atoms with Crippen LogP contribution in [-0.2, 0) is 14.3 Å². The summed E-state index contributed by atoms with van der Waals surface area (Å²) < 4.78 is 9.35. The Bertz CT molecular complexity index is 589. The summed E-state index contributed by atoms with van der Waals surface area (Å²) in [5.41, 5.74) is 0.729. The summed E-state index contributed by atoms with van der Waals surface area (Å²) in [6, 6.07) is 4.34. The van der Waals surface area contributed by atoms with E-state index in [4.69, 9.17) is 0 Å². The van der Waals surface area contributed by atoms with Crippen molar-refractivity contribution >= 4 is 23.5 Å². The number of hydrogen-bond acceptors (Lipinski definition) is 6. The Morgan fingerprint density at radius 2 is 1.58 bits per heavy atom. The molecule has 1 heterocycles. The highest BCUT2D eigenvalue weighted by Gasteiger charge is 2.18. The summed E-state index contributed by atoms with van der Waals surface area (Å²) in [5.74, 6) is -0.973. The molecule has 1 aromatic rings. The van der Waals surface area contributed by atoms with Gasteiger partial charge in [-0.1, -0.05) is 0 Å². The summed E-state index contributed by atoms with van der Waals surface area (Å²) in [7, 11) is 2.50. The predicted molar refractivity (Wildman–Crippen MR) is 88.0 cm³/mol. The van der Waals surface area contributed by atoms with Gasteiger partial charge in [0.05, 0.1) is 25.3 Å². The molecule has 0 aromatic heterocycles. The van der Waals surface area contributed by atoms with Gasteiger partial charge >= 0.3 is 11.9 Å². The Hall–Kier alpha value is -2.41. The van der Waals surface area contributed by atoms with Gasteiger partial charge in [-0.05, 0) is 50.0 Å². The molecule has 1 saturated heterocycles. The van der Waals surface area contributed by atoms with Crippen molar-refractivity contribution in [2.75, 3.05) is 32.6 Å². The number of amides is 1. The number of anilines is 1. The lowest BCUT2D eigenvalue weighted by molar-refractivity contribution is -0.117. The number of ether oxygens (including phenoxy) is 2. The van der Waals surface area contributed by atoms with Crippen LogP contribution < -0.4 is 10.6 Å². The van der Waals surface area contributed by atoms with Gasteiger partial charge in [0.1, 0.15) is 0 Å². The van der Waals surface area contributed by atoms with E-state index in [1.807, 2.05) is 0 Å². The van der Waals surface area contributed by atoms with Crippen LogP contribution in [0, 0.1) is 5.92 Å². The number of methoxy groups -OCH3 is 2. The van der Waals surface area contributed by atoms with Gasteiger partial charge < -0.3 is 20.1 Å². The van der Waals surface area contributed by atoms with E-state index in [1.165, 1.54) is 32.4 Å². The number of piperidine rings is 1. The number of nitrogens with one attached hydrogen (secondary N) is 2. The highest BCUT2D eigenvalue weighted by Crippen LogP contribution is 2.20. The summed E-state index contributed by atoms with van der Waals surface area (Å²) in [6.45, 7) is 1.84. The minimum atomic E-state index is -0.588. The maximum absolute atomic E-state index is 12.2. The number of hydrogen-bond donors (Lipinski definition) is 2. The lowest BCUT2D eigenvalue weighted by atomic mass is 9.94. The Morgan fingerprint density at radius 1 is 1.04 bits per heavy atom. The zero-order valence-electron chi connectivity index (χ0n) is 13.9. The smallest absolute Gasteiger partial charge is 0.337 e. The van der Waals surface area contributed by atoms with Crippen LogP contribution >= 0.6 is 0 Å². The minimum Gasteiger partial charge on any atom is -0.465 e. The van der Waals surface area contributed by atoms with Crippen LogP contribution in [0.3, 0.4) is 0 Å². The zero-order chi connectivity index (χ0) is 17.5. The fraction of sp³-hybridized carbons (Fsp3) is 0.471. The fourth-order valence-corrected chi connectivity index (χ4v) is 2.73.